The van der Waals surface area contributed by atoms with Gasteiger partial charge in [-0.3, -0.25) is 14.6 Å². The molecule has 1 aromatic heterocycles. The fourth-order valence-electron chi connectivity index (χ4n) is 1.67. The van der Waals surface area contributed by atoms with Crippen molar-refractivity contribution in [2.24, 2.45) is 0 Å². The molecule has 1 aliphatic rings. The molecule has 1 aliphatic heterocycles. The van der Waals surface area contributed by atoms with E-state index in [1.807, 2.05) is 0 Å². The number of rotatable bonds is 1. The summed E-state index contributed by atoms with van der Waals surface area (Å²) in [4.78, 5) is 28.7. The predicted molar refractivity (Wildman–Crippen MR) is 62.1 cm³/mol. The number of Topliss-reactive ketones (excluding diaryl/α,β-unsaturated/α-hetero) is 1. The lowest BCUT2D eigenvalue weighted by atomic mass is 10.1. The molecule has 1 amide bonds. The first-order chi connectivity index (χ1) is 7.66. The molecule has 2 rings (SSSR count). The zero-order valence-corrected chi connectivity index (χ0v) is 10.2. The van der Waals surface area contributed by atoms with Crippen LogP contribution in [-0.2, 0) is 4.79 Å². The minimum atomic E-state index is -0.0544. The van der Waals surface area contributed by atoms with Gasteiger partial charge in [-0.1, -0.05) is 0 Å². The van der Waals surface area contributed by atoms with E-state index in [1.165, 1.54) is 0 Å². The number of hydrogen-bond acceptors (Lipinski definition) is 3. The topological polar surface area (TPSA) is 50.3 Å². The highest BCUT2D eigenvalue weighted by Gasteiger charge is 2.21. The highest BCUT2D eigenvalue weighted by atomic mass is 79.9. The van der Waals surface area contributed by atoms with Crippen molar-refractivity contribution in [2.45, 2.75) is 12.8 Å². The normalized spacial score (nSPS) is 16.3. The van der Waals surface area contributed by atoms with E-state index in [-0.39, 0.29) is 11.7 Å². The van der Waals surface area contributed by atoms with Crippen molar-refractivity contribution in [3.63, 3.8) is 0 Å². The van der Waals surface area contributed by atoms with Gasteiger partial charge in [0.15, 0.2) is 0 Å². The highest BCUT2D eigenvalue weighted by Crippen LogP contribution is 2.14. The number of nitrogens with zero attached hydrogens (tertiary/aromatic N) is 2. The van der Waals surface area contributed by atoms with Gasteiger partial charge in [0.1, 0.15) is 5.78 Å². The number of hydrogen-bond donors (Lipinski definition) is 0. The van der Waals surface area contributed by atoms with Crippen LogP contribution in [0, 0.1) is 0 Å². The van der Waals surface area contributed by atoms with Crippen molar-refractivity contribution >= 4 is 27.6 Å². The summed E-state index contributed by atoms with van der Waals surface area (Å²) in [7, 11) is 0. The molecule has 5 heteroatoms. The van der Waals surface area contributed by atoms with E-state index in [1.54, 1.807) is 23.4 Å². The van der Waals surface area contributed by atoms with Crippen LogP contribution in [0.5, 0.6) is 0 Å². The van der Waals surface area contributed by atoms with Gasteiger partial charge in [0, 0.05) is 42.8 Å². The lowest BCUT2D eigenvalue weighted by Gasteiger charge is -2.25. The fraction of sp³-hybridized carbons (Fsp3) is 0.364. The second-order valence-corrected chi connectivity index (χ2v) is 4.64. The summed E-state index contributed by atoms with van der Waals surface area (Å²) in [5.41, 5.74) is 0.559. The van der Waals surface area contributed by atoms with Gasteiger partial charge < -0.3 is 4.90 Å². The molecule has 0 N–H and O–H groups in total. The Kier molecular flexibility index (Phi) is 3.33. The van der Waals surface area contributed by atoms with E-state index < -0.39 is 0 Å². The minimum absolute atomic E-state index is 0.0544. The van der Waals surface area contributed by atoms with Crippen LogP contribution in [0.15, 0.2) is 22.9 Å². The van der Waals surface area contributed by atoms with E-state index in [4.69, 9.17) is 0 Å². The Morgan fingerprint density at radius 2 is 2.00 bits per heavy atom. The fourth-order valence-corrected chi connectivity index (χ4v) is 2.04. The van der Waals surface area contributed by atoms with Gasteiger partial charge >= 0.3 is 0 Å². The van der Waals surface area contributed by atoms with Crippen molar-refractivity contribution in [3.05, 3.63) is 28.5 Å². The standard InChI is InChI=1S/C11H11BrN2O2/c12-9-5-8(6-13-7-9)11(16)14-3-1-10(15)2-4-14/h5-7H,1-4H2. The Morgan fingerprint density at radius 3 is 2.62 bits per heavy atom. The second kappa shape index (κ2) is 4.74. The molecular formula is C11H11BrN2O2. The molecule has 0 saturated carbocycles. The van der Waals surface area contributed by atoms with Crippen molar-refractivity contribution in [3.8, 4) is 0 Å². The number of ketones is 1. The molecule has 0 bridgehead atoms. The number of halogens is 1. The third-order valence-corrected chi connectivity index (χ3v) is 2.99. The predicted octanol–water partition coefficient (Wildman–Crippen LogP) is 1.65. The number of carbonyl (C=O) groups is 2. The van der Waals surface area contributed by atoms with Crippen LogP contribution in [0.4, 0.5) is 0 Å². The number of carbonyl (C=O) groups excluding carboxylic acids is 2. The number of aromatic nitrogens is 1. The van der Waals surface area contributed by atoms with Crippen molar-refractivity contribution < 1.29 is 9.59 Å². The van der Waals surface area contributed by atoms with E-state index in [9.17, 15) is 9.59 Å². The van der Waals surface area contributed by atoms with E-state index in [0.717, 1.165) is 4.47 Å². The monoisotopic (exact) mass is 282 g/mol. The molecule has 1 fully saturated rings. The third-order valence-electron chi connectivity index (χ3n) is 2.56. The minimum Gasteiger partial charge on any atom is -0.338 e. The number of amides is 1. The summed E-state index contributed by atoms with van der Waals surface area (Å²) in [6, 6.07) is 1.74. The van der Waals surface area contributed by atoms with E-state index in [2.05, 4.69) is 20.9 Å². The second-order valence-electron chi connectivity index (χ2n) is 3.72. The smallest absolute Gasteiger partial charge is 0.255 e. The maximum atomic E-state index is 12.0. The molecule has 4 nitrogen and oxygen atoms in total. The van der Waals surface area contributed by atoms with Crippen molar-refractivity contribution in [1.29, 1.82) is 0 Å². The van der Waals surface area contributed by atoms with Gasteiger partial charge in [0.2, 0.25) is 0 Å². The van der Waals surface area contributed by atoms with E-state index in [0.29, 0.717) is 31.5 Å². The first-order valence-corrected chi connectivity index (χ1v) is 5.87. The van der Waals surface area contributed by atoms with Gasteiger partial charge in [-0.15, -0.1) is 0 Å². The Hall–Kier alpha value is -1.23. The van der Waals surface area contributed by atoms with Crippen LogP contribution in [0.25, 0.3) is 0 Å². The molecule has 0 unspecified atom stereocenters. The van der Waals surface area contributed by atoms with Gasteiger partial charge in [0.25, 0.3) is 5.91 Å². The third kappa shape index (κ3) is 2.47. The van der Waals surface area contributed by atoms with Crippen LogP contribution < -0.4 is 0 Å². The molecule has 0 radical (unpaired) electrons. The number of pyridine rings is 1. The highest BCUT2D eigenvalue weighted by molar-refractivity contribution is 9.10. The van der Waals surface area contributed by atoms with E-state index >= 15 is 0 Å². The Morgan fingerprint density at radius 1 is 1.31 bits per heavy atom. The summed E-state index contributed by atoms with van der Waals surface area (Å²) in [6.07, 6.45) is 4.11. The number of likely N-dealkylation sites (tertiary alicyclic amines) is 1. The molecule has 0 aromatic carbocycles. The van der Waals surface area contributed by atoms with Gasteiger partial charge in [-0.25, -0.2) is 0 Å². The summed E-state index contributed by atoms with van der Waals surface area (Å²) in [6.45, 7) is 1.04. The molecule has 0 aliphatic carbocycles. The molecule has 1 saturated heterocycles. The van der Waals surface area contributed by atoms with Crippen molar-refractivity contribution in [1.82, 2.24) is 9.88 Å². The van der Waals surface area contributed by atoms with Crippen LogP contribution in [0.2, 0.25) is 0 Å². The molecule has 1 aromatic rings. The van der Waals surface area contributed by atoms with Gasteiger partial charge in [-0.2, -0.15) is 0 Å². The molecule has 16 heavy (non-hydrogen) atoms. The van der Waals surface area contributed by atoms with Crippen molar-refractivity contribution in [2.75, 3.05) is 13.1 Å². The molecule has 0 atom stereocenters. The maximum absolute atomic E-state index is 12.0. The zero-order chi connectivity index (χ0) is 11.5. The summed E-state index contributed by atoms with van der Waals surface area (Å²) in [5.74, 6) is 0.178. The summed E-state index contributed by atoms with van der Waals surface area (Å²) < 4.78 is 0.784. The van der Waals surface area contributed by atoms with Crippen LogP contribution in [0.3, 0.4) is 0 Å². The first kappa shape index (κ1) is 11.3. The van der Waals surface area contributed by atoms with Gasteiger partial charge in [0.05, 0.1) is 5.56 Å². The lowest BCUT2D eigenvalue weighted by Crippen LogP contribution is -2.38. The van der Waals surface area contributed by atoms with Crippen LogP contribution in [-0.4, -0.2) is 34.7 Å². The number of piperidine rings is 1. The summed E-state index contributed by atoms with van der Waals surface area (Å²) >= 11 is 3.28. The zero-order valence-electron chi connectivity index (χ0n) is 8.65. The molecule has 84 valence electrons. The molecular weight excluding hydrogens is 272 g/mol. The average Bonchev–Trinajstić information content (AvgIpc) is 2.29. The maximum Gasteiger partial charge on any atom is 0.255 e. The molecule has 2 heterocycles. The van der Waals surface area contributed by atoms with Gasteiger partial charge in [-0.05, 0) is 22.0 Å². The first-order valence-electron chi connectivity index (χ1n) is 5.08. The Labute approximate surface area is 102 Å². The Bertz CT molecular complexity index is 424. The SMILES string of the molecule is O=C1CCN(C(=O)c2cncc(Br)c2)CC1. The quantitative estimate of drug-likeness (QED) is 0.787. The summed E-state index contributed by atoms with van der Waals surface area (Å²) in [5, 5.41) is 0. The average molecular weight is 283 g/mol. The van der Waals surface area contributed by atoms with Crippen LogP contribution in [0.1, 0.15) is 23.2 Å². The lowest BCUT2D eigenvalue weighted by molar-refractivity contribution is -0.120. The van der Waals surface area contributed by atoms with Crippen LogP contribution >= 0.6 is 15.9 Å². The Balaban J connectivity index is 2.10. The largest absolute Gasteiger partial charge is 0.338 e. The molecule has 0 spiro atoms.